The molecule has 0 radical (unpaired) electrons. The zero-order chi connectivity index (χ0) is 18.1. The van der Waals surface area contributed by atoms with Gasteiger partial charge in [0.05, 0.1) is 20.4 Å². The Morgan fingerprint density at radius 1 is 1.08 bits per heavy atom. The number of methoxy groups -OCH3 is 2. The first kappa shape index (κ1) is 18.0. The van der Waals surface area contributed by atoms with Crippen molar-refractivity contribution >= 4 is 18.1 Å². The van der Waals surface area contributed by atoms with E-state index in [0.29, 0.717) is 22.6 Å². The standard InChI is InChI=1S/C18H18N2O5/c1-23-15-8-6-14(7-9-15)18(22)20-19-11-13-4-3-5-16(10-13)25-12-17(21)24-2/h3-11H,12H2,1-2H3,(H,20,22)/b19-11-. The summed E-state index contributed by atoms with van der Waals surface area (Å²) in [6.45, 7) is -0.175. The molecule has 1 N–H and O–H groups in total. The lowest BCUT2D eigenvalue weighted by Gasteiger charge is -2.05. The molecule has 0 aliphatic carbocycles. The fourth-order valence-corrected chi connectivity index (χ4v) is 1.86. The van der Waals surface area contributed by atoms with Crippen molar-refractivity contribution in [2.75, 3.05) is 20.8 Å². The van der Waals surface area contributed by atoms with Crippen LogP contribution in [0.2, 0.25) is 0 Å². The van der Waals surface area contributed by atoms with Crippen LogP contribution in [-0.4, -0.2) is 38.9 Å². The van der Waals surface area contributed by atoms with E-state index in [-0.39, 0.29) is 12.5 Å². The van der Waals surface area contributed by atoms with Gasteiger partial charge in [-0.3, -0.25) is 4.79 Å². The molecular weight excluding hydrogens is 324 g/mol. The van der Waals surface area contributed by atoms with Gasteiger partial charge in [-0.1, -0.05) is 12.1 Å². The zero-order valence-corrected chi connectivity index (χ0v) is 13.9. The van der Waals surface area contributed by atoms with E-state index in [1.807, 2.05) is 0 Å². The Morgan fingerprint density at radius 2 is 1.84 bits per heavy atom. The van der Waals surface area contributed by atoms with E-state index < -0.39 is 5.97 Å². The van der Waals surface area contributed by atoms with Crippen LogP contribution in [0.15, 0.2) is 53.6 Å². The summed E-state index contributed by atoms with van der Waals surface area (Å²) < 4.78 is 14.8. The molecule has 0 saturated carbocycles. The summed E-state index contributed by atoms with van der Waals surface area (Å²) >= 11 is 0. The molecule has 7 nitrogen and oxygen atoms in total. The molecule has 0 atom stereocenters. The van der Waals surface area contributed by atoms with Crippen LogP contribution in [0.5, 0.6) is 11.5 Å². The van der Waals surface area contributed by atoms with Gasteiger partial charge in [-0.2, -0.15) is 5.10 Å². The lowest BCUT2D eigenvalue weighted by molar-refractivity contribution is -0.142. The van der Waals surface area contributed by atoms with Gasteiger partial charge < -0.3 is 14.2 Å². The van der Waals surface area contributed by atoms with E-state index in [0.717, 1.165) is 0 Å². The van der Waals surface area contributed by atoms with Gasteiger partial charge in [0.25, 0.3) is 5.91 Å². The number of benzene rings is 2. The van der Waals surface area contributed by atoms with Crippen molar-refractivity contribution in [1.29, 1.82) is 0 Å². The maximum absolute atomic E-state index is 12.0. The second kappa shape index (κ2) is 9.07. The molecule has 0 saturated heterocycles. The first-order valence-electron chi connectivity index (χ1n) is 7.39. The number of ether oxygens (including phenoxy) is 3. The number of amides is 1. The average molecular weight is 342 g/mol. The third-order valence-electron chi connectivity index (χ3n) is 3.17. The summed E-state index contributed by atoms with van der Waals surface area (Å²) in [7, 11) is 2.85. The highest BCUT2D eigenvalue weighted by molar-refractivity contribution is 5.95. The molecule has 1 amide bonds. The van der Waals surface area contributed by atoms with Gasteiger partial charge >= 0.3 is 5.97 Å². The number of carbonyl (C=O) groups excluding carboxylic acids is 2. The molecule has 2 aromatic carbocycles. The van der Waals surface area contributed by atoms with Crippen molar-refractivity contribution in [2.24, 2.45) is 5.10 Å². The number of hydrogen-bond acceptors (Lipinski definition) is 6. The smallest absolute Gasteiger partial charge is 0.343 e. The minimum Gasteiger partial charge on any atom is -0.497 e. The maximum Gasteiger partial charge on any atom is 0.343 e. The fourth-order valence-electron chi connectivity index (χ4n) is 1.86. The van der Waals surface area contributed by atoms with Gasteiger partial charge in [-0.05, 0) is 42.0 Å². The van der Waals surface area contributed by atoms with E-state index in [4.69, 9.17) is 9.47 Å². The summed E-state index contributed by atoms with van der Waals surface area (Å²) in [5.74, 6) is 0.363. The molecule has 0 fully saturated rings. The van der Waals surface area contributed by atoms with Crippen molar-refractivity contribution in [3.8, 4) is 11.5 Å². The van der Waals surface area contributed by atoms with E-state index in [1.54, 1.807) is 55.6 Å². The maximum atomic E-state index is 12.0. The molecule has 0 aromatic heterocycles. The fraction of sp³-hybridized carbons (Fsp3) is 0.167. The second-order valence-electron chi connectivity index (χ2n) is 4.86. The molecule has 130 valence electrons. The van der Waals surface area contributed by atoms with Crippen LogP contribution < -0.4 is 14.9 Å². The second-order valence-corrected chi connectivity index (χ2v) is 4.86. The third kappa shape index (κ3) is 5.65. The topological polar surface area (TPSA) is 86.2 Å². The molecule has 0 spiro atoms. The van der Waals surface area contributed by atoms with Gasteiger partial charge in [-0.25, -0.2) is 10.2 Å². The third-order valence-corrected chi connectivity index (χ3v) is 3.17. The molecule has 2 aromatic rings. The molecule has 0 unspecified atom stereocenters. The Morgan fingerprint density at radius 3 is 2.52 bits per heavy atom. The quantitative estimate of drug-likeness (QED) is 0.472. The van der Waals surface area contributed by atoms with Gasteiger partial charge in [0.15, 0.2) is 6.61 Å². The van der Waals surface area contributed by atoms with E-state index in [9.17, 15) is 9.59 Å². The lowest BCUT2D eigenvalue weighted by Crippen LogP contribution is -2.17. The van der Waals surface area contributed by atoms with Gasteiger partial charge in [0, 0.05) is 5.56 Å². The molecule has 0 bridgehead atoms. The Kier molecular flexibility index (Phi) is 6.53. The number of nitrogens with one attached hydrogen (secondary N) is 1. The molecule has 2 rings (SSSR count). The molecule has 0 aliphatic rings. The Bertz CT molecular complexity index is 756. The predicted molar refractivity (Wildman–Crippen MR) is 92.0 cm³/mol. The molecule has 0 heterocycles. The summed E-state index contributed by atoms with van der Waals surface area (Å²) in [6.07, 6.45) is 1.48. The molecule has 0 aliphatic heterocycles. The number of esters is 1. The highest BCUT2D eigenvalue weighted by Gasteiger charge is 2.04. The van der Waals surface area contributed by atoms with Crippen molar-refractivity contribution in [3.05, 3.63) is 59.7 Å². The lowest BCUT2D eigenvalue weighted by atomic mass is 10.2. The van der Waals surface area contributed by atoms with Crippen LogP contribution in [-0.2, 0) is 9.53 Å². The van der Waals surface area contributed by atoms with Crippen LogP contribution in [0.3, 0.4) is 0 Å². The van der Waals surface area contributed by atoms with E-state index in [2.05, 4.69) is 15.3 Å². The number of hydrazone groups is 1. The number of carbonyl (C=O) groups is 2. The molecular formula is C18H18N2O5. The van der Waals surface area contributed by atoms with Crippen molar-refractivity contribution in [3.63, 3.8) is 0 Å². The van der Waals surface area contributed by atoms with Crippen LogP contribution >= 0.6 is 0 Å². The Balaban J connectivity index is 1.92. The minimum absolute atomic E-state index is 0.175. The number of nitrogens with zero attached hydrogens (tertiary/aromatic N) is 1. The number of hydrogen-bond donors (Lipinski definition) is 1. The Hall–Kier alpha value is -3.35. The van der Waals surface area contributed by atoms with Crippen LogP contribution in [0.1, 0.15) is 15.9 Å². The van der Waals surface area contributed by atoms with Crippen LogP contribution in [0, 0.1) is 0 Å². The normalized spacial score (nSPS) is 10.3. The number of rotatable bonds is 7. The summed E-state index contributed by atoms with van der Waals surface area (Å²) in [4.78, 5) is 23.0. The molecule has 7 heteroatoms. The summed E-state index contributed by atoms with van der Waals surface area (Å²) in [5, 5.41) is 3.91. The monoisotopic (exact) mass is 342 g/mol. The zero-order valence-electron chi connectivity index (χ0n) is 13.9. The molecule has 25 heavy (non-hydrogen) atoms. The summed E-state index contributed by atoms with van der Waals surface area (Å²) in [6, 6.07) is 13.6. The first-order valence-corrected chi connectivity index (χ1v) is 7.39. The SMILES string of the molecule is COC(=O)COc1cccc(/C=N\NC(=O)c2ccc(OC)cc2)c1. The van der Waals surface area contributed by atoms with Crippen molar-refractivity contribution < 1.29 is 23.8 Å². The highest BCUT2D eigenvalue weighted by Crippen LogP contribution is 2.12. The minimum atomic E-state index is -0.467. The van der Waals surface area contributed by atoms with Gasteiger partial charge in [0.1, 0.15) is 11.5 Å². The average Bonchev–Trinajstić information content (AvgIpc) is 2.66. The Labute approximate surface area is 145 Å². The van der Waals surface area contributed by atoms with Crippen molar-refractivity contribution in [1.82, 2.24) is 5.43 Å². The van der Waals surface area contributed by atoms with E-state index in [1.165, 1.54) is 13.3 Å². The summed E-state index contributed by atoms with van der Waals surface area (Å²) in [5.41, 5.74) is 3.61. The first-order chi connectivity index (χ1) is 12.1. The van der Waals surface area contributed by atoms with Gasteiger partial charge in [0.2, 0.25) is 0 Å². The van der Waals surface area contributed by atoms with Gasteiger partial charge in [-0.15, -0.1) is 0 Å². The van der Waals surface area contributed by atoms with E-state index >= 15 is 0 Å². The van der Waals surface area contributed by atoms with Crippen LogP contribution in [0.4, 0.5) is 0 Å². The largest absolute Gasteiger partial charge is 0.497 e. The predicted octanol–water partition coefficient (Wildman–Crippen LogP) is 2.01. The van der Waals surface area contributed by atoms with Crippen LogP contribution in [0.25, 0.3) is 0 Å². The van der Waals surface area contributed by atoms with Crippen molar-refractivity contribution in [2.45, 2.75) is 0 Å². The highest BCUT2D eigenvalue weighted by atomic mass is 16.6.